The van der Waals surface area contributed by atoms with Gasteiger partial charge in [0.05, 0.1) is 16.8 Å². The molecule has 2 aromatic carbocycles. The van der Waals surface area contributed by atoms with Gasteiger partial charge >= 0.3 is 0 Å². The predicted molar refractivity (Wildman–Crippen MR) is 131 cm³/mol. The lowest BCUT2D eigenvalue weighted by atomic mass is 10.2. The number of carbonyl (C=O) groups excluding carboxylic acids is 1. The van der Waals surface area contributed by atoms with Crippen molar-refractivity contribution < 1.29 is 21.6 Å². The Morgan fingerprint density at radius 1 is 0.941 bits per heavy atom. The van der Waals surface area contributed by atoms with E-state index < -0.39 is 32.0 Å². The first-order valence-electron chi connectivity index (χ1n) is 10.2. The van der Waals surface area contributed by atoms with Crippen LogP contribution in [0.4, 0.5) is 17.3 Å². The number of hydrogen-bond donors (Lipinski definition) is 2. The summed E-state index contributed by atoms with van der Waals surface area (Å²) in [6.45, 7) is 5.06. The molecule has 1 amide bonds. The van der Waals surface area contributed by atoms with Gasteiger partial charge in [0.15, 0.2) is 0 Å². The van der Waals surface area contributed by atoms with Gasteiger partial charge < -0.3 is 5.32 Å². The van der Waals surface area contributed by atoms with Gasteiger partial charge in [0.2, 0.25) is 21.9 Å². The average Bonchev–Trinajstić information content (AvgIpc) is 2.74. The maximum Gasteiger partial charge on any atom is 0.264 e. The molecule has 0 aliphatic heterocycles. The average molecular weight is 504 g/mol. The number of aryl methyl sites for hydroxylation is 2. The number of aromatic nitrogens is 2. The number of nitrogens with one attached hydrogen (secondary N) is 2. The molecule has 1 heterocycles. The number of nitrogens with zero attached hydrogens (tertiary/aromatic N) is 3. The molecule has 1 atom stereocenters. The minimum Gasteiger partial charge on any atom is -0.324 e. The molecule has 34 heavy (non-hydrogen) atoms. The molecule has 12 heteroatoms. The monoisotopic (exact) mass is 503 g/mol. The molecule has 0 aliphatic rings. The van der Waals surface area contributed by atoms with Gasteiger partial charge in [0, 0.05) is 17.6 Å². The number of carbonyl (C=O) groups is 1. The molecule has 0 aliphatic carbocycles. The Hall–Kier alpha value is -3.51. The molecule has 3 rings (SSSR count). The van der Waals surface area contributed by atoms with E-state index in [1.54, 1.807) is 37.3 Å². The zero-order valence-electron chi connectivity index (χ0n) is 19.1. The van der Waals surface area contributed by atoms with Gasteiger partial charge in [-0.25, -0.2) is 31.5 Å². The van der Waals surface area contributed by atoms with E-state index in [0.717, 1.165) is 16.1 Å². The van der Waals surface area contributed by atoms with Crippen LogP contribution in [-0.2, 0) is 24.8 Å². The van der Waals surface area contributed by atoms with E-state index in [4.69, 9.17) is 0 Å². The molecule has 1 unspecified atom stereocenters. The fourth-order valence-electron chi connectivity index (χ4n) is 3.14. The van der Waals surface area contributed by atoms with Crippen LogP contribution in [0, 0.1) is 13.8 Å². The smallest absolute Gasteiger partial charge is 0.264 e. The molecule has 2 N–H and O–H groups in total. The third kappa shape index (κ3) is 6.08. The van der Waals surface area contributed by atoms with Gasteiger partial charge in [-0.1, -0.05) is 17.7 Å². The fourth-order valence-corrected chi connectivity index (χ4v) is 5.27. The van der Waals surface area contributed by atoms with E-state index in [-0.39, 0.29) is 10.8 Å². The summed E-state index contributed by atoms with van der Waals surface area (Å²) < 4.78 is 53.3. The highest BCUT2D eigenvalue weighted by Crippen LogP contribution is 2.23. The third-order valence-corrected chi connectivity index (χ3v) is 7.42. The summed E-state index contributed by atoms with van der Waals surface area (Å²) in [6.07, 6.45) is 2.47. The van der Waals surface area contributed by atoms with Crippen LogP contribution in [-0.4, -0.2) is 45.0 Å². The Kier molecular flexibility index (Phi) is 7.22. The highest BCUT2D eigenvalue weighted by Gasteiger charge is 2.29. The molecule has 0 fully saturated rings. The van der Waals surface area contributed by atoms with Crippen molar-refractivity contribution in [2.24, 2.45) is 0 Å². The summed E-state index contributed by atoms with van der Waals surface area (Å²) in [5, 5.41) is 2.63. The third-order valence-electron chi connectivity index (χ3n) is 4.83. The Morgan fingerprint density at radius 2 is 1.56 bits per heavy atom. The first kappa shape index (κ1) is 25.1. The van der Waals surface area contributed by atoms with Crippen molar-refractivity contribution in [3.8, 4) is 0 Å². The minimum atomic E-state index is -3.94. The van der Waals surface area contributed by atoms with Crippen LogP contribution in [0.1, 0.15) is 18.2 Å². The lowest BCUT2D eigenvalue weighted by Gasteiger charge is -2.28. The SMILES string of the molecule is Cc1ccc(N(C(C)C(=O)Nc2ccc(S(=O)(=O)Nc3nccc(C)n3)cc2)S(C)(=O)=O)cc1. The molecule has 0 saturated carbocycles. The number of hydrogen-bond acceptors (Lipinski definition) is 7. The van der Waals surface area contributed by atoms with E-state index in [9.17, 15) is 21.6 Å². The van der Waals surface area contributed by atoms with Crippen molar-refractivity contribution in [2.75, 3.05) is 20.6 Å². The van der Waals surface area contributed by atoms with Crippen molar-refractivity contribution in [1.82, 2.24) is 9.97 Å². The highest BCUT2D eigenvalue weighted by atomic mass is 32.2. The summed E-state index contributed by atoms with van der Waals surface area (Å²) in [6, 6.07) is 12.8. The van der Waals surface area contributed by atoms with E-state index in [1.807, 2.05) is 6.92 Å². The van der Waals surface area contributed by atoms with Crippen LogP contribution in [0.5, 0.6) is 0 Å². The number of sulfonamides is 2. The highest BCUT2D eigenvalue weighted by molar-refractivity contribution is 7.92. The van der Waals surface area contributed by atoms with E-state index >= 15 is 0 Å². The summed E-state index contributed by atoms with van der Waals surface area (Å²) in [5.41, 5.74) is 2.23. The first-order chi connectivity index (χ1) is 15.9. The van der Waals surface area contributed by atoms with Gasteiger partial charge in [0.1, 0.15) is 6.04 Å². The minimum absolute atomic E-state index is 0.0526. The van der Waals surface area contributed by atoms with Gasteiger partial charge in [-0.2, -0.15) is 0 Å². The molecule has 3 aromatic rings. The number of rotatable bonds is 8. The predicted octanol–water partition coefficient (Wildman–Crippen LogP) is 2.69. The van der Waals surface area contributed by atoms with Crippen LogP contribution in [0.25, 0.3) is 0 Å². The Labute approximate surface area is 199 Å². The molecule has 0 spiro atoms. The van der Waals surface area contributed by atoms with Crippen LogP contribution >= 0.6 is 0 Å². The number of benzene rings is 2. The zero-order chi connectivity index (χ0) is 25.1. The van der Waals surface area contributed by atoms with Crippen LogP contribution in [0.3, 0.4) is 0 Å². The lowest BCUT2D eigenvalue weighted by molar-refractivity contribution is -0.116. The maximum absolute atomic E-state index is 12.8. The Balaban J connectivity index is 1.76. The molecule has 0 saturated heterocycles. The molecule has 0 bridgehead atoms. The Morgan fingerprint density at radius 3 is 2.12 bits per heavy atom. The largest absolute Gasteiger partial charge is 0.324 e. The van der Waals surface area contributed by atoms with E-state index in [2.05, 4.69) is 20.0 Å². The topological polar surface area (TPSA) is 138 Å². The summed E-state index contributed by atoms with van der Waals surface area (Å²) in [5.74, 6) is -0.629. The molecule has 1 aromatic heterocycles. The standard InChI is InChI=1S/C22H25N5O5S2/c1-15-5-9-19(10-6-15)27(33(4,29)30)17(3)21(28)25-18-7-11-20(12-8-18)34(31,32)26-22-23-14-13-16(2)24-22/h5-14,17H,1-4H3,(H,25,28)(H,23,24,26). The number of anilines is 3. The van der Waals surface area contributed by atoms with Crippen molar-refractivity contribution in [2.45, 2.75) is 31.7 Å². The molecule has 0 radical (unpaired) electrons. The summed E-state index contributed by atoms with van der Waals surface area (Å²) in [4.78, 5) is 20.7. The quantitative estimate of drug-likeness (QED) is 0.482. The van der Waals surface area contributed by atoms with Gasteiger partial charge in [-0.05, 0) is 63.2 Å². The second-order valence-electron chi connectivity index (χ2n) is 7.71. The van der Waals surface area contributed by atoms with Crippen molar-refractivity contribution in [3.63, 3.8) is 0 Å². The maximum atomic E-state index is 12.8. The molecule has 10 nitrogen and oxygen atoms in total. The van der Waals surface area contributed by atoms with E-state index in [1.165, 1.54) is 37.4 Å². The van der Waals surface area contributed by atoms with E-state index in [0.29, 0.717) is 17.1 Å². The van der Waals surface area contributed by atoms with Crippen molar-refractivity contribution in [1.29, 1.82) is 0 Å². The van der Waals surface area contributed by atoms with Crippen LogP contribution < -0.4 is 14.3 Å². The summed E-state index contributed by atoms with van der Waals surface area (Å²) >= 11 is 0. The summed E-state index contributed by atoms with van der Waals surface area (Å²) in [7, 11) is -7.69. The van der Waals surface area contributed by atoms with Gasteiger partial charge in [-0.15, -0.1) is 0 Å². The molecule has 180 valence electrons. The van der Waals surface area contributed by atoms with Crippen molar-refractivity contribution >= 4 is 43.3 Å². The van der Waals surface area contributed by atoms with Crippen LogP contribution in [0.15, 0.2) is 65.7 Å². The van der Waals surface area contributed by atoms with Gasteiger partial charge in [-0.3, -0.25) is 9.10 Å². The lowest BCUT2D eigenvalue weighted by Crippen LogP contribution is -2.45. The zero-order valence-corrected chi connectivity index (χ0v) is 20.7. The molecular weight excluding hydrogens is 478 g/mol. The first-order valence-corrected chi connectivity index (χ1v) is 13.5. The normalized spacial score (nSPS) is 12.6. The fraction of sp³-hybridized carbons (Fsp3) is 0.227. The molecular formula is C22H25N5O5S2. The Bertz CT molecular complexity index is 1390. The van der Waals surface area contributed by atoms with Gasteiger partial charge in [0.25, 0.3) is 10.0 Å². The van der Waals surface area contributed by atoms with Crippen molar-refractivity contribution in [3.05, 3.63) is 72.1 Å². The number of amides is 1. The second kappa shape index (κ2) is 9.77. The van der Waals surface area contributed by atoms with Crippen LogP contribution in [0.2, 0.25) is 0 Å². The second-order valence-corrected chi connectivity index (χ2v) is 11.3.